The number of allylic oxidation sites excluding steroid dienone is 8. The minimum atomic E-state index is -1.97. The Kier molecular flexibility index (Phi) is 44.0. The van der Waals surface area contributed by atoms with Crippen LogP contribution in [0.1, 0.15) is 232 Å². The first-order valence-electron chi connectivity index (χ1n) is 33.4. The van der Waals surface area contributed by atoms with Gasteiger partial charge in [-0.3, -0.25) is 4.79 Å². The van der Waals surface area contributed by atoms with Gasteiger partial charge in [0, 0.05) is 6.42 Å². The molecule has 85 heavy (non-hydrogen) atoms. The number of nitrogens with one attached hydrogen (secondary N) is 1. The summed E-state index contributed by atoms with van der Waals surface area (Å²) in [6.07, 6.45) is 28.9. The summed E-state index contributed by atoms with van der Waals surface area (Å²) < 4.78 is 34.4. The molecule has 17 atom stereocenters. The van der Waals surface area contributed by atoms with Crippen molar-refractivity contribution in [1.29, 1.82) is 0 Å². The van der Waals surface area contributed by atoms with Gasteiger partial charge >= 0.3 is 0 Å². The predicted octanol–water partition coefficient (Wildman–Crippen LogP) is 7.83. The van der Waals surface area contributed by atoms with Gasteiger partial charge < -0.3 is 89.9 Å². The lowest BCUT2D eigenvalue weighted by atomic mass is 9.96. The van der Waals surface area contributed by atoms with Gasteiger partial charge in [-0.05, 0) is 51.4 Å². The molecular formula is C66H119NO18. The van der Waals surface area contributed by atoms with Crippen molar-refractivity contribution in [3.8, 4) is 0 Å². The summed E-state index contributed by atoms with van der Waals surface area (Å²) in [5, 5.41) is 121. The Bertz CT molecular complexity index is 1740. The Hall–Kier alpha value is -2.25. The number of ether oxygens (including phenoxy) is 6. The first kappa shape index (κ1) is 77.0. The topological polar surface area (TPSA) is 307 Å². The number of carbonyl (C=O) groups is 1. The number of aliphatic hydroxyl groups excluding tert-OH is 11. The largest absolute Gasteiger partial charge is 0.394 e. The molecule has 1 amide bonds. The third-order valence-electron chi connectivity index (χ3n) is 16.7. The molecule has 0 saturated carbocycles. The average Bonchev–Trinajstić information content (AvgIpc) is 3.64. The lowest BCUT2D eigenvalue weighted by Gasteiger charge is -2.48. The zero-order valence-electron chi connectivity index (χ0n) is 52.1. The highest BCUT2D eigenvalue weighted by Crippen LogP contribution is 2.33. The second kappa shape index (κ2) is 48.6. The number of amides is 1. The van der Waals surface area contributed by atoms with E-state index in [0.29, 0.717) is 12.8 Å². The molecule has 496 valence electrons. The second-order valence-corrected chi connectivity index (χ2v) is 23.9. The molecule has 0 aromatic heterocycles. The molecule has 0 bridgehead atoms. The molecule has 3 saturated heterocycles. The lowest BCUT2D eigenvalue weighted by molar-refractivity contribution is -0.379. The van der Waals surface area contributed by atoms with Crippen LogP contribution in [0.3, 0.4) is 0 Å². The fraction of sp³-hybridized carbons (Fsp3) is 0.864. The summed E-state index contributed by atoms with van der Waals surface area (Å²) in [6, 6.07) is -0.891. The van der Waals surface area contributed by atoms with Crippen LogP contribution >= 0.6 is 0 Å². The number of hydrogen-bond acceptors (Lipinski definition) is 18. The van der Waals surface area contributed by atoms with E-state index in [1.54, 1.807) is 0 Å². The van der Waals surface area contributed by atoms with Crippen molar-refractivity contribution < 1.29 is 89.4 Å². The van der Waals surface area contributed by atoms with Crippen LogP contribution in [0.5, 0.6) is 0 Å². The van der Waals surface area contributed by atoms with Crippen LogP contribution in [-0.2, 0) is 33.2 Å². The number of rotatable bonds is 50. The van der Waals surface area contributed by atoms with E-state index in [1.807, 2.05) is 0 Å². The maximum atomic E-state index is 13.4. The zero-order valence-corrected chi connectivity index (χ0v) is 52.1. The van der Waals surface area contributed by atoms with E-state index in [0.717, 1.165) is 77.0 Å². The summed E-state index contributed by atoms with van der Waals surface area (Å²) in [6.45, 7) is 1.69. The Morgan fingerprint density at radius 3 is 1.27 bits per heavy atom. The van der Waals surface area contributed by atoms with Crippen LogP contribution < -0.4 is 5.32 Å². The summed E-state index contributed by atoms with van der Waals surface area (Å²) in [5.74, 6) is -0.248. The number of aliphatic hydroxyl groups is 11. The Morgan fingerprint density at radius 1 is 0.435 bits per heavy atom. The number of carbonyl (C=O) groups excluding carboxylic acids is 1. The van der Waals surface area contributed by atoms with Crippen molar-refractivity contribution in [2.75, 3.05) is 26.4 Å². The molecular weight excluding hydrogens is 1090 g/mol. The van der Waals surface area contributed by atoms with Gasteiger partial charge in [0.25, 0.3) is 0 Å². The molecule has 19 nitrogen and oxygen atoms in total. The van der Waals surface area contributed by atoms with Crippen LogP contribution in [0.4, 0.5) is 0 Å². The summed E-state index contributed by atoms with van der Waals surface area (Å²) in [4.78, 5) is 13.4. The second-order valence-electron chi connectivity index (χ2n) is 23.9. The molecule has 3 fully saturated rings. The molecule has 3 rings (SSSR count). The number of hydrogen-bond donors (Lipinski definition) is 12. The Labute approximate surface area is 510 Å². The van der Waals surface area contributed by atoms with Crippen molar-refractivity contribution in [1.82, 2.24) is 5.32 Å². The van der Waals surface area contributed by atoms with Crippen molar-refractivity contribution in [2.24, 2.45) is 0 Å². The zero-order chi connectivity index (χ0) is 61.9. The van der Waals surface area contributed by atoms with Crippen molar-refractivity contribution >= 4 is 5.91 Å². The highest BCUT2D eigenvalue weighted by atomic mass is 16.8. The molecule has 0 aliphatic carbocycles. The van der Waals surface area contributed by atoms with Gasteiger partial charge in [0.05, 0.1) is 38.6 Å². The Balaban J connectivity index is 1.45. The monoisotopic (exact) mass is 1210 g/mol. The van der Waals surface area contributed by atoms with Gasteiger partial charge in [-0.25, -0.2) is 0 Å². The molecule has 0 spiro atoms. The van der Waals surface area contributed by atoms with E-state index in [2.05, 4.69) is 67.8 Å². The highest BCUT2D eigenvalue weighted by Gasteiger charge is 2.53. The molecule has 0 aromatic rings. The molecule has 3 aliphatic rings. The van der Waals surface area contributed by atoms with Crippen molar-refractivity contribution in [2.45, 2.75) is 336 Å². The van der Waals surface area contributed by atoms with Crippen LogP contribution in [0.25, 0.3) is 0 Å². The molecule has 3 aliphatic heterocycles. The first-order chi connectivity index (χ1) is 41.3. The predicted molar refractivity (Wildman–Crippen MR) is 328 cm³/mol. The quantitative estimate of drug-likeness (QED) is 0.0204. The van der Waals surface area contributed by atoms with E-state index in [-0.39, 0.29) is 18.9 Å². The molecule has 19 heteroatoms. The highest BCUT2D eigenvalue weighted by molar-refractivity contribution is 5.76. The number of unbranched alkanes of at least 4 members (excludes halogenated alkanes) is 26. The Morgan fingerprint density at radius 2 is 0.812 bits per heavy atom. The van der Waals surface area contributed by atoms with Gasteiger partial charge in [0.1, 0.15) is 73.2 Å². The van der Waals surface area contributed by atoms with Crippen LogP contribution in [0.2, 0.25) is 0 Å². The van der Waals surface area contributed by atoms with E-state index < -0.39 is 124 Å². The fourth-order valence-electron chi connectivity index (χ4n) is 11.2. The van der Waals surface area contributed by atoms with E-state index in [9.17, 15) is 61.0 Å². The van der Waals surface area contributed by atoms with Crippen LogP contribution in [0.15, 0.2) is 48.6 Å². The minimum absolute atomic E-state index is 0.248. The van der Waals surface area contributed by atoms with E-state index >= 15 is 0 Å². The lowest BCUT2D eigenvalue weighted by Crippen LogP contribution is -2.66. The average molecular weight is 1210 g/mol. The van der Waals surface area contributed by atoms with Crippen LogP contribution in [-0.4, -0.2) is 193 Å². The first-order valence-corrected chi connectivity index (χ1v) is 33.4. The molecule has 0 aromatic carbocycles. The van der Waals surface area contributed by atoms with Gasteiger partial charge in [-0.2, -0.15) is 0 Å². The maximum absolute atomic E-state index is 13.4. The summed E-state index contributed by atoms with van der Waals surface area (Å²) in [5.41, 5.74) is 0. The minimum Gasteiger partial charge on any atom is -0.394 e. The third kappa shape index (κ3) is 31.4. The maximum Gasteiger partial charge on any atom is 0.220 e. The van der Waals surface area contributed by atoms with Crippen molar-refractivity contribution in [3.63, 3.8) is 0 Å². The molecule has 12 N–H and O–H groups in total. The van der Waals surface area contributed by atoms with Crippen molar-refractivity contribution in [3.05, 3.63) is 48.6 Å². The van der Waals surface area contributed by atoms with Gasteiger partial charge in [0.2, 0.25) is 5.91 Å². The molecule has 3 heterocycles. The smallest absolute Gasteiger partial charge is 0.220 e. The van der Waals surface area contributed by atoms with Crippen LogP contribution in [0, 0.1) is 0 Å². The van der Waals surface area contributed by atoms with Gasteiger partial charge in [0.15, 0.2) is 18.9 Å². The summed E-state index contributed by atoms with van der Waals surface area (Å²) >= 11 is 0. The summed E-state index contributed by atoms with van der Waals surface area (Å²) in [7, 11) is 0. The molecule has 0 radical (unpaired) electrons. The molecule has 17 unspecified atom stereocenters. The van der Waals surface area contributed by atoms with E-state index in [1.165, 1.54) is 122 Å². The normalized spacial score (nSPS) is 29.3. The fourth-order valence-corrected chi connectivity index (χ4v) is 11.2. The standard InChI is InChI=1S/C66H119NO18/c1-3-5-7-9-11-13-15-17-19-21-22-23-24-25-26-28-30-32-34-36-38-40-42-44-54(72)67-49(50(71)43-41-39-37-35-33-31-29-27-20-18-16-14-12-10-8-6-4-2)48-80-64-60(78)57(75)62(52(46-69)82-64)85-66-61(79)58(76)63(53(47-70)83-66)84-65-59(77)56(74)55(73)51(45-68)81-65/h5,7,11,13,17,19,22-23,49-53,55-66,68-71,73-79H,3-4,6,8-10,12,14-16,18,20-21,24-48H2,1-2H3,(H,67,72)/b7-5-,13-11-,19-17-,23-22-. The third-order valence-corrected chi connectivity index (χ3v) is 16.7. The van der Waals surface area contributed by atoms with Gasteiger partial charge in [-0.1, -0.05) is 223 Å². The SMILES string of the molecule is CC/C=C\C/C=C\C/C=C\C/C=C\CCCCCCCCCCCCC(=O)NC(COC1OC(CO)C(OC2OC(CO)C(OC3OC(CO)C(O)C(O)C3O)C(O)C2O)C(O)C1O)C(O)CCCCCCCCCCCCCCCCCCC. The van der Waals surface area contributed by atoms with Gasteiger partial charge in [-0.15, -0.1) is 0 Å². The van der Waals surface area contributed by atoms with E-state index in [4.69, 9.17) is 28.4 Å².